The molecule has 0 bridgehead atoms. The van der Waals surface area contributed by atoms with Gasteiger partial charge in [0.1, 0.15) is 5.75 Å². The Morgan fingerprint density at radius 2 is 2.11 bits per heavy atom. The van der Waals surface area contributed by atoms with E-state index in [0.29, 0.717) is 31.2 Å². The standard InChI is InChI=1S/C13H22N2O3/c1-4-18-13-7-10(5-6-12(13)14)15-8-11(17-3)9-16-2/h5-7,11,15H,4,8-9,14H2,1-3H3. The van der Waals surface area contributed by atoms with E-state index in [-0.39, 0.29) is 6.10 Å². The number of nitrogens with one attached hydrogen (secondary N) is 1. The molecule has 0 aliphatic heterocycles. The summed E-state index contributed by atoms with van der Waals surface area (Å²) in [4.78, 5) is 0. The van der Waals surface area contributed by atoms with E-state index in [9.17, 15) is 0 Å². The Kier molecular flexibility index (Phi) is 6.32. The molecule has 1 unspecified atom stereocenters. The normalized spacial score (nSPS) is 12.2. The van der Waals surface area contributed by atoms with E-state index >= 15 is 0 Å². The van der Waals surface area contributed by atoms with Gasteiger partial charge < -0.3 is 25.3 Å². The van der Waals surface area contributed by atoms with E-state index in [1.807, 2.05) is 25.1 Å². The van der Waals surface area contributed by atoms with Crippen molar-refractivity contribution in [2.75, 3.05) is 45.0 Å². The van der Waals surface area contributed by atoms with Gasteiger partial charge in [-0.15, -0.1) is 0 Å². The zero-order valence-corrected chi connectivity index (χ0v) is 11.2. The van der Waals surface area contributed by atoms with Crippen LogP contribution in [0.15, 0.2) is 18.2 Å². The molecule has 0 radical (unpaired) electrons. The van der Waals surface area contributed by atoms with Crippen molar-refractivity contribution in [2.24, 2.45) is 0 Å². The first-order valence-electron chi connectivity index (χ1n) is 5.99. The lowest BCUT2D eigenvalue weighted by Crippen LogP contribution is -2.26. The molecule has 1 aromatic carbocycles. The van der Waals surface area contributed by atoms with Crippen LogP contribution in [0, 0.1) is 0 Å². The molecule has 1 atom stereocenters. The minimum absolute atomic E-state index is 0.0168. The van der Waals surface area contributed by atoms with E-state index in [1.165, 1.54) is 0 Å². The predicted molar refractivity (Wildman–Crippen MR) is 73.2 cm³/mol. The van der Waals surface area contributed by atoms with Crippen LogP contribution in [-0.2, 0) is 9.47 Å². The van der Waals surface area contributed by atoms with E-state index in [4.69, 9.17) is 19.9 Å². The Morgan fingerprint density at radius 1 is 1.33 bits per heavy atom. The summed E-state index contributed by atoms with van der Waals surface area (Å²) in [7, 11) is 3.32. The van der Waals surface area contributed by atoms with Gasteiger partial charge in [-0.05, 0) is 19.1 Å². The highest BCUT2D eigenvalue weighted by Crippen LogP contribution is 2.25. The molecule has 1 rings (SSSR count). The molecule has 1 aromatic rings. The lowest BCUT2D eigenvalue weighted by Gasteiger charge is -2.16. The van der Waals surface area contributed by atoms with Gasteiger partial charge in [-0.2, -0.15) is 0 Å². The van der Waals surface area contributed by atoms with Gasteiger partial charge in [0.05, 0.1) is 25.0 Å². The van der Waals surface area contributed by atoms with Gasteiger partial charge in [-0.25, -0.2) is 0 Å². The highest BCUT2D eigenvalue weighted by atomic mass is 16.5. The molecule has 0 amide bonds. The molecule has 3 N–H and O–H groups in total. The topological polar surface area (TPSA) is 65.7 Å². The highest BCUT2D eigenvalue weighted by Gasteiger charge is 2.07. The third-order valence-corrected chi connectivity index (χ3v) is 2.53. The smallest absolute Gasteiger partial charge is 0.144 e. The molecule has 0 aromatic heterocycles. The maximum Gasteiger partial charge on any atom is 0.144 e. The molecule has 5 heteroatoms. The van der Waals surface area contributed by atoms with Crippen molar-refractivity contribution in [1.82, 2.24) is 0 Å². The minimum atomic E-state index is 0.0168. The van der Waals surface area contributed by atoms with Gasteiger partial charge in [0.15, 0.2) is 0 Å². The lowest BCUT2D eigenvalue weighted by molar-refractivity contribution is 0.0365. The monoisotopic (exact) mass is 254 g/mol. The maximum absolute atomic E-state index is 5.81. The van der Waals surface area contributed by atoms with Crippen molar-refractivity contribution >= 4 is 11.4 Å². The van der Waals surface area contributed by atoms with Gasteiger partial charge in [0, 0.05) is 32.5 Å². The largest absolute Gasteiger partial charge is 0.492 e. The summed E-state index contributed by atoms with van der Waals surface area (Å²) in [5.41, 5.74) is 7.40. The number of hydrogen-bond donors (Lipinski definition) is 2. The van der Waals surface area contributed by atoms with Crippen molar-refractivity contribution < 1.29 is 14.2 Å². The fraction of sp³-hybridized carbons (Fsp3) is 0.538. The fourth-order valence-electron chi connectivity index (χ4n) is 1.55. The van der Waals surface area contributed by atoms with Gasteiger partial charge in [-0.3, -0.25) is 0 Å². The zero-order valence-electron chi connectivity index (χ0n) is 11.2. The summed E-state index contributed by atoms with van der Waals surface area (Å²) in [5, 5.41) is 3.27. The molecule has 0 aliphatic carbocycles. The van der Waals surface area contributed by atoms with Crippen LogP contribution in [0.2, 0.25) is 0 Å². The highest BCUT2D eigenvalue weighted by molar-refractivity contribution is 5.61. The number of benzene rings is 1. The molecule has 0 spiro atoms. The molecular formula is C13H22N2O3. The first-order chi connectivity index (χ1) is 8.71. The number of anilines is 2. The van der Waals surface area contributed by atoms with Crippen molar-refractivity contribution in [1.29, 1.82) is 0 Å². The van der Waals surface area contributed by atoms with E-state index in [2.05, 4.69) is 5.32 Å². The van der Waals surface area contributed by atoms with Crippen LogP contribution in [0.5, 0.6) is 5.75 Å². The minimum Gasteiger partial charge on any atom is -0.492 e. The molecule has 0 fully saturated rings. The molecule has 102 valence electrons. The Hall–Kier alpha value is -1.46. The SMILES string of the molecule is CCOc1cc(NCC(COC)OC)ccc1N. The van der Waals surface area contributed by atoms with Crippen molar-refractivity contribution in [3.63, 3.8) is 0 Å². The molecule has 0 heterocycles. The van der Waals surface area contributed by atoms with Crippen LogP contribution in [0.25, 0.3) is 0 Å². The Bertz CT molecular complexity index is 358. The number of rotatable bonds is 8. The second-order valence-electron chi connectivity index (χ2n) is 3.88. The summed E-state index contributed by atoms with van der Waals surface area (Å²) in [6.07, 6.45) is 0.0168. The Balaban J connectivity index is 2.58. The number of nitrogens with two attached hydrogens (primary N) is 1. The van der Waals surface area contributed by atoms with Gasteiger partial charge in [-0.1, -0.05) is 0 Å². The first-order valence-corrected chi connectivity index (χ1v) is 5.99. The average Bonchev–Trinajstić information content (AvgIpc) is 2.38. The molecule has 0 saturated heterocycles. The van der Waals surface area contributed by atoms with Crippen molar-refractivity contribution in [3.05, 3.63) is 18.2 Å². The van der Waals surface area contributed by atoms with E-state index in [0.717, 1.165) is 5.69 Å². The van der Waals surface area contributed by atoms with Gasteiger partial charge >= 0.3 is 0 Å². The first kappa shape index (κ1) is 14.6. The lowest BCUT2D eigenvalue weighted by atomic mass is 10.2. The molecule has 18 heavy (non-hydrogen) atoms. The van der Waals surface area contributed by atoms with Crippen molar-refractivity contribution in [3.8, 4) is 5.75 Å². The number of hydrogen-bond acceptors (Lipinski definition) is 5. The zero-order chi connectivity index (χ0) is 13.4. The van der Waals surface area contributed by atoms with Crippen LogP contribution in [0.3, 0.4) is 0 Å². The van der Waals surface area contributed by atoms with Crippen molar-refractivity contribution in [2.45, 2.75) is 13.0 Å². The van der Waals surface area contributed by atoms with Crippen LogP contribution in [0.1, 0.15) is 6.92 Å². The Morgan fingerprint density at radius 3 is 2.72 bits per heavy atom. The number of ether oxygens (including phenoxy) is 3. The van der Waals surface area contributed by atoms with Gasteiger partial charge in [0.25, 0.3) is 0 Å². The third kappa shape index (κ3) is 4.43. The summed E-state index contributed by atoms with van der Waals surface area (Å²) < 4.78 is 15.8. The molecule has 0 saturated carbocycles. The average molecular weight is 254 g/mol. The molecule has 0 aliphatic rings. The van der Waals surface area contributed by atoms with Crippen LogP contribution in [0.4, 0.5) is 11.4 Å². The molecule has 5 nitrogen and oxygen atoms in total. The summed E-state index contributed by atoms with van der Waals surface area (Å²) in [6.45, 7) is 3.74. The maximum atomic E-state index is 5.81. The number of methoxy groups -OCH3 is 2. The van der Waals surface area contributed by atoms with E-state index in [1.54, 1.807) is 14.2 Å². The summed E-state index contributed by atoms with van der Waals surface area (Å²) in [5.74, 6) is 0.697. The van der Waals surface area contributed by atoms with Crippen LogP contribution in [-0.4, -0.2) is 40.1 Å². The predicted octanol–water partition coefficient (Wildman–Crippen LogP) is 1.74. The van der Waals surface area contributed by atoms with Crippen LogP contribution < -0.4 is 15.8 Å². The second-order valence-corrected chi connectivity index (χ2v) is 3.88. The third-order valence-electron chi connectivity index (χ3n) is 2.53. The summed E-state index contributed by atoms with van der Waals surface area (Å²) in [6, 6.07) is 5.63. The fourth-order valence-corrected chi connectivity index (χ4v) is 1.55. The number of nitrogen functional groups attached to an aromatic ring is 1. The summed E-state index contributed by atoms with van der Waals surface area (Å²) >= 11 is 0. The Labute approximate surface area is 108 Å². The molecular weight excluding hydrogens is 232 g/mol. The van der Waals surface area contributed by atoms with Gasteiger partial charge in [0.2, 0.25) is 0 Å². The van der Waals surface area contributed by atoms with Crippen LogP contribution >= 0.6 is 0 Å². The van der Waals surface area contributed by atoms with E-state index < -0.39 is 0 Å². The quantitative estimate of drug-likeness (QED) is 0.692. The second kappa shape index (κ2) is 7.79.